The Bertz CT molecular complexity index is 581. The number of hydrogen-bond donors (Lipinski definition) is 1. The normalized spacial score (nSPS) is 22.3. The molecule has 1 unspecified atom stereocenters. The quantitative estimate of drug-likeness (QED) is 0.910. The number of nitrogens with zero attached hydrogens (tertiary/aromatic N) is 1. The van der Waals surface area contributed by atoms with Gasteiger partial charge in [0.1, 0.15) is 0 Å². The highest BCUT2D eigenvalue weighted by atomic mass is 35.5. The van der Waals surface area contributed by atoms with Crippen molar-refractivity contribution < 1.29 is 18.0 Å². The van der Waals surface area contributed by atoms with Gasteiger partial charge in [-0.3, -0.25) is 4.79 Å². The number of carbonyl (C=O) groups excluding carboxylic acids is 1. The molecule has 0 spiro atoms. The van der Waals surface area contributed by atoms with Gasteiger partial charge < -0.3 is 10.2 Å². The van der Waals surface area contributed by atoms with Crippen molar-refractivity contribution in [1.82, 2.24) is 10.2 Å². The summed E-state index contributed by atoms with van der Waals surface area (Å²) in [4.78, 5) is 14.5. The van der Waals surface area contributed by atoms with Gasteiger partial charge in [0.2, 0.25) is 5.91 Å². The van der Waals surface area contributed by atoms with Crippen LogP contribution in [-0.4, -0.2) is 37.0 Å². The summed E-state index contributed by atoms with van der Waals surface area (Å²) in [5, 5.41) is 3.21. The van der Waals surface area contributed by atoms with E-state index in [1.165, 1.54) is 6.07 Å². The van der Waals surface area contributed by atoms with Crippen molar-refractivity contribution in [3.63, 3.8) is 0 Å². The van der Waals surface area contributed by atoms with Gasteiger partial charge in [-0.2, -0.15) is 13.2 Å². The summed E-state index contributed by atoms with van der Waals surface area (Å²) in [6, 6.07) is 5.35. The lowest BCUT2D eigenvalue weighted by molar-refractivity contribution is -0.138. The third kappa shape index (κ3) is 3.33. The van der Waals surface area contributed by atoms with E-state index in [1.807, 2.05) is 0 Å². The zero-order valence-corrected chi connectivity index (χ0v) is 13.6. The molecule has 1 amide bonds. The summed E-state index contributed by atoms with van der Waals surface area (Å²) in [5.41, 5.74) is -0.946. The van der Waals surface area contributed by atoms with E-state index in [0.29, 0.717) is 18.4 Å². The van der Waals surface area contributed by atoms with E-state index in [-0.39, 0.29) is 24.4 Å². The van der Waals surface area contributed by atoms with Gasteiger partial charge in [0.05, 0.1) is 11.0 Å². The molecule has 1 saturated carbocycles. The Morgan fingerprint density at radius 1 is 1.35 bits per heavy atom. The van der Waals surface area contributed by atoms with Crippen LogP contribution >= 0.6 is 12.4 Å². The van der Waals surface area contributed by atoms with Crippen molar-refractivity contribution in [2.45, 2.75) is 36.9 Å². The van der Waals surface area contributed by atoms with Gasteiger partial charge in [-0.1, -0.05) is 18.2 Å². The molecule has 2 aliphatic rings. The number of benzene rings is 1. The Hall–Kier alpha value is -1.27. The van der Waals surface area contributed by atoms with E-state index in [0.717, 1.165) is 31.6 Å². The third-order valence-electron chi connectivity index (χ3n) is 4.80. The zero-order chi connectivity index (χ0) is 16.0. The van der Waals surface area contributed by atoms with Gasteiger partial charge in [0.25, 0.3) is 0 Å². The summed E-state index contributed by atoms with van der Waals surface area (Å²) >= 11 is 0. The number of carbonyl (C=O) groups is 1. The fraction of sp³-hybridized carbons (Fsp3) is 0.562. The molecule has 3 nitrogen and oxygen atoms in total. The topological polar surface area (TPSA) is 32.3 Å². The van der Waals surface area contributed by atoms with E-state index in [2.05, 4.69) is 5.32 Å². The number of likely N-dealkylation sites (N-methyl/N-ethyl adjacent to an activating group) is 1. The maximum atomic E-state index is 12.9. The molecule has 1 atom stereocenters. The Morgan fingerprint density at radius 3 is 2.57 bits per heavy atom. The second-order valence-corrected chi connectivity index (χ2v) is 6.22. The Labute approximate surface area is 139 Å². The highest BCUT2D eigenvalue weighted by Gasteiger charge is 2.53. The highest BCUT2D eigenvalue weighted by molar-refractivity contribution is 5.91. The minimum absolute atomic E-state index is 0. The monoisotopic (exact) mass is 348 g/mol. The first-order chi connectivity index (χ1) is 10.3. The van der Waals surface area contributed by atoms with Gasteiger partial charge in [-0.05, 0) is 37.4 Å². The van der Waals surface area contributed by atoms with E-state index in [4.69, 9.17) is 0 Å². The average Bonchev–Trinajstić information content (AvgIpc) is 3.12. The number of rotatable bonds is 3. The predicted octanol–water partition coefficient (Wildman–Crippen LogP) is 2.98. The molecular formula is C16H20ClF3N2O. The summed E-state index contributed by atoms with van der Waals surface area (Å²) < 4.78 is 38.6. The molecule has 2 fully saturated rings. The molecule has 3 rings (SSSR count). The third-order valence-corrected chi connectivity index (χ3v) is 4.80. The Balaban J connectivity index is 0.00000192. The SMILES string of the molecule is CN(C(=O)C1(c2cccc(C(F)(F)F)c2)CC1)C1CCNC1.Cl. The zero-order valence-electron chi connectivity index (χ0n) is 12.8. The van der Waals surface area contributed by atoms with E-state index in [1.54, 1.807) is 18.0 Å². The van der Waals surface area contributed by atoms with E-state index >= 15 is 0 Å². The average molecular weight is 349 g/mol. The van der Waals surface area contributed by atoms with Crippen LogP contribution in [0.5, 0.6) is 0 Å². The first kappa shape index (κ1) is 18.1. The van der Waals surface area contributed by atoms with Gasteiger partial charge in [-0.25, -0.2) is 0 Å². The van der Waals surface area contributed by atoms with Crippen molar-refractivity contribution in [1.29, 1.82) is 0 Å². The summed E-state index contributed by atoms with van der Waals surface area (Å²) in [6.45, 7) is 1.62. The van der Waals surface area contributed by atoms with Crippen molar-refractivity contribution in [3.05, 3.63) is 35.4 Å². The summed E-state index contributed by atoms with van der Waals surface area (Å²) in [5.74, 6) is -0.0551. The van der Waals surface area contributed by atoms with Crippen molar-refractivity contribution in [3.8, 4) is 0 Å². The first-order valence-electron chi connectivity index (χ1n) is 7.50. The molecule has 1 aliphatic heterocycles. The molecule has 1 saturated heterocycles. The second kappa shape index (κ2) is 6.32. The van der Waals surface area contributed by atoms with Gasteiger partial charge >= 0.3 is 6.18 Å². The lowest BCUT2D eigenvalue weighted by atomic mass is 9.92. The van der Waals surface area contributed by atoms with Crippen molar-refractivity contribution in [2.75, 3.05) is 20.1 Å². The van der Waals surface area contributed by atoms with Crippen LogP contribution in [0.15, 0.2) is 24.3 Å². The Kier molecular flexibility index (Phi) is 4.97. The maximum Gasteiger partial charge on any atom is 0.416 e. The molecule has 0 bridgehead atoms. The molecule has 0 aromatic heterocycles. The first-order valence-corrected chi connectivity index (χ1v) is 7.50. The van der Waals surface area contributed by atoms with Crippen molar-refractivity contribution >= 4 is 18.3 Å². The maximum absolute atomic E-state index is 12.9. The smallest absolute Gasteiger partial charge is 0.341 e. The number of nitrogens with one attached hydrogen (secondary N) is 1. The fourth-order valence-corrected chi connectivity index (χ4v) is 3.22. The van der Waals surface area contributed by atoms with Crippen LogP contribution in [0, 0.1) is 0 Å². The Morgan fingerprint density at radius 2 is 2.04 bits per heavy atom. The molecule has 0 radical (unpaired) electrons. The number of amides is 1. The molecule has 1 aromatic rings. The van der Waals surface area contributed by atoms with Gasteiger partial charge in [0, 0.05) is 19.6 Å². The lowest BCUT2D eigenvalue weighted by Crippen LogP contribution is -2.44. The minimum atomic E-state index is -4.38. The second-order valence-electron chi connectivity index (χ2n) is 6.22. The molecule has 1 aromatic carbocycles. The summed E-state index contributed by atoms with van der Waals surface area (Å²) in [6.07, 6.45) is -2.24. The van der Waals surface area contributed by atoms with Crippen LogP contribution in [0.4, 0.5) is 13.2 Å². The van der Waals surface area contributed by atoms with Crippen LogP contribution in [0.3, 0.4) is 0 Å². The molecular weight excluding hydrogens is 329 g/mol. The molecule has 1 N–H and O–H groups in total. The molecule has 128 valence electrons. The predicted molar refractivity (Wildman–Crippen MR) is 83.6 cm³/mol. The lowest BCUT2D eigenvalue weighted by Gasteiger charge is -2.29. The molecule has 7 heteroatoms. The van der Waals surface area contributed by atoms with Crippen LogP contribution in [0.2, 0.25) is 0 Å². The van der Waals surface area contributed by atoms with E-state index < -0.39 is 17.2 Å². The number of halogens is 4. The molecule has 1 aliphatic carbocycles. The standard InChI is InChI=1S/C16H19F3N2O.ClH/c1-21(13-5-8-20-10-13)14(22)15(6-7-15)11-3-2-4-12(9-11)16(17,18)19;/h2-4,9,13,20H,5-8,10H2,1H3;1H. The van der Waals surface area contributed by atoms with Crippen molar-refractivity contribution in [2.24, 2.45) is 0 Å². The minimum Gasteiger partial charge on any atom is -0.341 e. The van der Waals surface area contributed by atoms with Gasteiger partial charge in [-0.15, -0.1) is 12.4 Å². The van der Waals surface area contributed by atoms with E-state index in [9.17, 15) is 18.0 Å². The van der Waals surface area contributed by atoms with Crippen LogP contribution in [0.1, 0.15) is 30.4 Å². The van der Waals surface area contributed by atoms with Gasteiger partial charge in [0.15, 0.2) is 0 Å². The number of hydrogen-bond acceptors (Lipinski definition) is 2. The summed E-state index contributed by atoms with van der Waals surface area (Å²) in [7, 11) is 1.76. The van der Waals surface area contributed by atoms with Crippen LogP contribution in [0.25, 0.3) is 0 Å². The number of alkyl halides is 3. The largest absolute Gasteiger partial charge is 0.416 e. The highest BCUT2D eigenvalue weighted by Crippen LogP contribution is 2.50. The fourth-order valence-electron chi connectivity index (χ4n) is 3.22. The van der Waals surface area contributed by atoms with Crippen LogP contribution in [-0.2, 0) is 16.4 Å². The van der Waals surface area contributed by atoms with Crippen LogP contribution < -0.4 is 5.32 Å². The molecule has 1 heterocycles. The molecule has 23 heavy (non-hydrogen) atoms.